The second kappa shape index (κ2) is 6.55. The smallest absolute Gasteiger partial charge is 0.106 e. The molecule has 20 heavy (non-hydrogen) atoms. The number of para-hydroxylation sites is 1. The molecule has 1 heterocycles. The molecule has 1 unspecified atom stereocenters. The van der Waals surface area contributed by atoms with E-state index in [-0.39, 0.29) is 0 Å². The van der Waals surface area contributed by atoms with Crippen LogP contribution in [-0.2, 0) is 0 Å². The lowest BCUT2D eigenvalue weighted by atomic mass is 10.1. The Kier molecular flexibility index (Phi) is 5.00. The van der Waals surface area contributed by atoms with Crippen LogP contribution < -0.4 is 10.6 Å². The van der Waals surface area contributed by atoms with Gasteiger partial charge in [-0.15, -0.1) is 0 Å². The monoisotopic (exact) mass is 291 g/mol. The van der Waals surface area contributed by atoms with Crippen LogP contribution in [0.2, 0.25) is 0 Å². The highest BCUT2D eigenvalue weighted by Crippen LogP contribution is 2.26. The fraction of sp³-hybridized carbons (Fsp3) is 0.562. The van der Waals surface area contributed by atoms with Crippen LogP contribution in [-0.4, -0.2) is 42.1 Å². The number of rotatable bonds is 4. The van der Waals surface area contributed by atoms with Gasteiger partial charge in [0.25, 0.3) is 0 Å². The lowest BCUT2D eigenvalue weighted by Gasteiger charge is -2.40. The average molecular weight is 291 g/mol. The quantitative estimate of drug-likeness (QED) is 0.864. The van der Waals surface area contributed by atoms with Gasteiger partial charge in [-0.2, -0.15) is 0 Å². The number of nitrogens with two attached hydrogens (primary N) is 1. The summed E-state index contributed by atoms with van der Waals surface area (Å²) in [5, 5.41) is 0. The van der Waals surface area contributed by atoms with Crippen molar-refractivity contribution in [1.82, 2.24) is 4.90 Å². The van der Waals surface area contributed by atoms with Crippen molar-refractivity contribution in [3.63, 3.8) is 0 Å². The zero-order valence-corrected chi connectivity index (χ0v) is 13.5. The third-order valence-corrected chi connectivity index (χ3v) is 4.57. The highest BCUT2D eigenvalue weighted by atomic mass is 32.1. The number of hydrogen-bond donors (Lipinski definition) is 1. The Morgan fingerprint density at radius 3 is 2.50 bits per heavy atom. The van der Waals surface area contributed by atoms with Gasteiger partial charge >= 0.3 is 0 Å². The Labute approximate surface area is 127 Å². The van der Waals surface area contributed by atoms with Gasteiger partial charge in [-0.25, -0.2) is 0 Å². The van der Waals surface area contributed by atoms with E-state index in [1.165, 1.54) is 17.7 Å². The van der Waals surface area contributed by atoms with Gasteiger partial charge in [0.2, 0.25) is 0 Å². The lowest BCUT2D eigenvalue weighted by Crippen LogP contribution is -2.50. The molecule has 3 nitrogen and oxygen atoms in total. The van der Waals surface area contributed by atoms with Crippen LogP contribution in [0.3, 0.4) is 0 Å². The van der Waals surface area contributed by atoms with Gasteiger partial charge in [-0.05, 0) is 31.9 Å². The van der Waals surface area contributed by atoms with Crippen molar-refractivity contribution >= 4 is 22.9 Å². The van der Waals surface area contributed by atoms with E-state index in [9.17, 15) is 0 Å². The maximum Gasteiger partial charge on any atom is 0.106 e. The van der Waals surface area contributed by atoms with E-state index in [1.807, 2.05) is 12.1 Å². The normalized spacial score (nSPS) is 18.1. The van der Waals surface area contributed by atoms with Crippen molar-refractivity contribution in [2.75, 3.05) is 31.1 Å². The Morgan fingerprint density at radius 1 is 1.30 bits per heavy atom. The van der Waals surface area contributed by atoms with Crippen molar-refractivity contribution in [2.45, 2.75) is 33.2 Å². The minimum Gasteiger partial charge on any atom is -0.389 e. The molecule has 2 rings (SSSR count). The van der Waals surface area contributed by atoms with E-state index in [4.69, 9.17) is 18.0 Å². The van der Waals surface area contributed by atoms with Crippen LogP contribution >= 0.6 is 12.2 Å². The standard InChI is InChI=1S/C16H25N3S/c1-4-13(3)18-8-10-19(11-9-18)15-12(2)6-5-7-14(15)16(17)20/h5-7,13H,4,8-11H2,1-3H3,(H2,17,20). The number of thiocarbonyl (C=S) groups is 1. The molecule has 2 N–H and O–H groups in total. The van der Waals surface area contributed by atoms with Gasteiger partial charge in [-0.3, -0.25) is 4.90 Å². The lowest BCUT2D eigenvalue weighted by molar-refractivity contribution is 0.193. The summed E-state index contributed by atoms with van der Waals surface area (Å²) in [4.78, 5) is 5.49. The summed E-state index contributed by atoms with van der Waals surface area (Å²) in [5.41, 5.74) is 9.38. The van der Waals surface area contributed by atoms with E-state index in [0.29, 0.717) is 11.0 Å². The fourth-order valence-electron chi connectivity index (χ4n) is 2.92. The van der Waals surface area contributed by atoms with Crippen LogP contribution in [0.25, 0.3) is 0 Å². The van der Waals surface area contributed by atoms with Crippen molar-refractivity contribution in [3.05, 3.63) is 29.3 Å². The van der Waals surface area contributed by atoms with Crippen LogP contribution in [0.1, 0.15) is 31.4 Å². The van der Waals surface area contributed by atoms with Gasteiger partial charge in [0.15, 0.2) is 0 Å². The molecule has 0 aliphatic carbocycles. The number of hydrogen-bond acceptors (Lipinski definition) is 3. The van der Waals surface area contributed by atoms with Gasteiger partial charge in [-0.1, -0.05) is 31.3 Å². The van der Waals surface area contributed by atoms with Crippen molar-refractivity contribution < 1.29 is 0 Å². The first-order valence-electron chi connectivity index (χ1n) is 7.43. The predicted octanol–water partition coefficient (Wildman–Crippen LogP) is 2.55. The fourth-order valence-corrected chi connectivity index (χ4v) is 3.09. The van der Waals surface area contributed by atoms with E-state index in [0.717, 1.165) is 31.7 Å². The number of benzene rings is 1. The minimum atomic E-state index is 0.494. The summed E-state index contributed by atoms with van der Waals surface area (Å²) in [7, 11) is 0. The summed E-state index contributed by atoms with van der Waals surface area (Å²) in [6.45, 7) is 11.0. The first-order valence-corrected chi connectivity index (χ1v) is 7.83. The van der Waals surface area contributed by atoms with E-state index in [1.54, 1.807) is 0 Å². The number of piperazine rings is 1. The molecule has 1 aliphatic heterocycles. The Bertz CT molecular complexity index is 479. The summed E-state index contributed by atoms with van der Waals surface area (Å²) in [6, 6.07) is 6.87. The maximum atomic E-state index is 5.88. The molecule has 0 bridgehead atoms. The summed E-state index contributed by atoms with van der Waals surface area (Å²) in [6.07, 6.45) is 1.21. The molecule has 110 valence electrons. The molecule has 1 saturated heterocycles. The summed E-state index contributed by atoms with van der Waals surface area (Å²) < 4.78 is 0. The van der Waals surface area contributed by atoms with E-state index in [2.05, 4.69) is 36.6 Å². The highest BCUT2D eigenvalue weighted by molar-refractivity contribution is 7.80. The first kappa shape index (κ1) is 15.3. The third kappa shape index (κ3) is 3.13. The van der Waals surface area contributed by atoms with Crippen molar-refractivity contribution in [3.8, 4) is 0 Å². The summed E-state index contributed by atoms with van der Waals surface area (Å²) >= 11 is 5.20. The van der Waals surface area contributed by atoms with Gasteiger partial charge in [0, 0.05) is 43.5 Å². The number of aryl methyl sites for hydroxylation is 1. The van der Waals surface area contributed by atoms with Crippen LogP contribution in [0.4, 0.5) is 5.69 Å². The SMILES string of the molecule is CCC(C)N1CCN(c2c(C)cccc2C(N)=S)CC1. The number of anilines is 1. The largest absolute Gasteiger partial charge is 0.389 e. The topological polar surface area (TPSA) is 32.5 Å². The van der Waals surface area contributed by atoms with E-state index >= 15 is 0 Å². The molecule has 0 aromatic heterocycles. The summed E-state index contributed by atoms with van der Waals surface area (Å²) in [5.74, 6) is 0. The zero-order valence-electron chi connectivity index (χ0n) is 12.7. The Hall–Kier alpha value is -1.13. The first-order chi connectivity index (χ1) is 9.54. The molecule has 1 aromatic rings. The Balaban J connectivity index is 2.17. The van der Waals surface area contributed by atoms with Crippen LogP contribution in [0.5, 0.6) is 0 Å². The molecule has 1 aromatic carbocycles. The molecule has 1 aliphatic rings. The molecular formula is C16H25N3S. The van der Waals surface area contributed by atoms with Crippen molar-refractivity contribution in [2.24, 2.45) is 5.73 Å². The predicted molar refractivity (Wildman–Crippen MR) is 90.6 cm³/mol. The molecule has 0 amide bonds. The van der Waals surface area contributed by atoms with Crippen LogP contribution in [0, 0.1) is 6.92 Å². The Morgan fingerprint density at radius 2 is 1.95 bits per heavy atom. The second-order valence-corrected chi connectivity index (χ2v) is 6.06. The molecule has 4 heteroatoms. The third-order valence-electron chi connectivity index (χ3n) is 4.35. The molecular weight excluding hydrogens is 266 g/mol. The van der Waals surface area contributed by atoms with Crippen molar-refractivity contribution in [1.29, 1.82) is 0 Å². The van der Waals surface area contributed by atoms with Crippen LogP contribution in [0.15, 0.2) is 18.2 Å². The molecule has 1 fully saturated rings. The van der Waals surface area contributed by atoms with Gasteiger partial charge < -0.3 is 10.6 Å². The molecule has 0 saturated carbocycles. The average Bonchev–Trinajstić information content (AvgIpc) is 2.46. The minimum absolute atomic E-state index is 0.494. The molecule has 0 spiro atoms. The number of nitrogens with zero attached hydrogens (tertiary/aromatic N) is 2. The highest BCUT2D eigenvalue weighted by Gasteiger charge is 2.23. The molecule has 0 radical (unpaired) electrons. The maximum absolute atomic E-state index is 5.88. The molecule has 1 atom stereocenters. The van der Waals surface area contributed by atoms with Gasteiger partial charge in [0.05, 0.1) is 0 Å². The van der Waals surface area contributed by atoms with Gasteiger partial charge in [0.1, 0.15) is 4.99 Å². The second-order valence-electron chi connectivity index (χ2n) is 5.62. The van der Waals surface area contributed by atoms with E-state index < -0.39 is 0 Å². The zero-order chi connectivity index (χ0) is 14.7.